The van der Waals surface area contributed by atoms with Gasteiger partial charge in [-0.1, -0.05) is 288 Å². The first-order valence-corrected chi connectivity index (χ1v) is 33.4. The number of amides is 1. The summed E-state index contributed by atoms with van der Waals surface area (Å²) in [5.41, 5.74) is 0. The van der Waals surface area contributed by atoms with Crippen molar-refractivity contribution < 1.29 is 32.9 Å². The number of rotatable bonds is 59. The summed E-state index contributed by atoms with van der Waals surface area (Å²) in [6, 6.07) is -0.865. The van der Waals surface area contributed by atoms with Gasteiger partial charge in [0, 0.05) is 6.42 Å². The zero-order valence-electron chi connectivity index (χ0n) is 49.4. The average Bonchev–Trinajstić information content (AvgIpc) is 3.35. The molecule has 0 aliphatic heterocycles. The van der Waals surface area contributed by atoms with Crippen LogP contribution in [-0.4, -0.2) is 73.4 Å². The third-order valence-electron chi connectivity index (χ3n) is 14.6. The first-order valence-electron chi connectivity index (χ1n) is 31.9. The van der Waals surface area contributed by atoms with Gasteiger partial charge in [0.1, 0.15) is 13.2 Å². The summed E-state index contributed by atoms with van der Waals surface area (Å²) >= 11 is 0. The van der Waals surface area contributed by atoms with Gasteiger partial charge in [-0.15, -0.1) is 0 Å². The third-order valence-corrected chi connectivity index (χ3v) is 15.6. The van der Waals surface area contributed by atoms with E-state index >= 15 is 0 Å². The highest BCUT2D eigenvalue weighted by molar-refractivity contribution is 7.47. The smallest absolute Gasteiger partial charge is 0.387 e. The number of phosphoric acid groups is 1. The maximum absolute atomic E-state index is 13.0. The lowest BCUT2D eigenvalue weighted by molar-refractivity contribution is -0.870. The van der Waals surface area contributed by atoms with E-state index in [0.29, 0.717) is 17.4 Å². The summed E-state index contributed by atoms with van der Waals surface area (Å²) in [6.07, 6.45) is 72.8. The number of carbonyl (C=O) groups excluding carboxylic acids is 1. The number of allylic oxidation sites excluding steroid dienone is 5. The van der Waals surface area contributed by atoms with Crippen LogP contribution in [0.5, 0.6) is 0 Å². The van der Waals surface area contributed by atoms with Crippen LogP contribution in [0.2, 0.25) is 0 Å². The Morgan fingerprint density at radius 3 is 1.10 bits per heavy atom. The fourth-order valence-corrected chi connectivity index (χ4v) is 10.3. The molecule has 0 aliphatic carbocycles. The first kappa shape index (κ1) is 71.7. The van der Waals surface area contributed by atoms with Crippen LogP contribution in [-0.2, 0) is 18.4 Å². The second-order valence-corrected chi connectivity index (χ2v) is 24.6. The predicted molar refractivity (Wildman–Crippen MR) is 318 cm³/mol. The van der Waals surface area contributed by atoms with Crippen LogP contribution in [0.25, 0.3) is 0 Å². The standard InChI is InChI=1S/C64H125N2O6P/c1-6-8-10-12-14-16-18-20-22-24-26-27-28-29-30-31-32-33-34-35-36-37-38-40-41-43-45-47-49-51-53-55-57-63(67)62(61-72-73(69,70)71-60-59-66(3,4)5)65-64(68)58-56-54-52-50-48-46-44-42-39-25-23-21-19-17-15-13-11-9-7-2/h21,23,47,49,55,57,62-63,67H,6-20,22,24-46,48,50-54,56,58-61H2,1-5H3,(H-,65,68,69,70)/p+1/b23-21-,49-47+,57-55+. The second kappa shape index (κ2) is 55.5. The van der Waals surface area contributed by atoms with Crippen molar-refractivity contribution in [3.63, 3.8) is 0 Å². The molecular formula is C64H126N2O6P+. The molecule has 3 atom stereocenters. The second-order valence-electron chi connectivity index (χ2n) is 23.1. The van der Waals surface area contributed by atoms with E-state index in [2.05, 4.69) is 43.5 Å². The van der Waals surface area contributed by atoms with Crippen LogP contribution in [0, 0.1) is 0 Å². The van der Waals surface area contributed by atoms with E-state index in [1.807, 2.05) is 27.2 Å². The molecule has 73 heavy (non-hydrogen) atoms. The van der Waals surface area contributed by atoms with Crippen LogP contribution in [0.4, 0.5) is 0 Å². The third kappa shape index (κ3) is 58.2. The summed E-state index contributed by atoms with van der Waals surface area (Å²) in [6.45, 7) is 4.83. The van der Waals surface area contributed by atoms with Crippen molar-refractivity contribution in [2.75, 3.05) is 40.9 Å². The van der Waals surface area contributed by atoms with E-state index in [1.165, 1.54) is 257 Å². The van der Waals surface area contributed by atoms with Crippen LogP contribution in [0.1, 0.15) is 316 Å². The lowest BCUT2D eigenvalue weighted by Crippen LogP contribution is -2.45. The summed E-state index contributed by atoms with van der Waals surface area (Å²) < 4.78 is 23.7. The molecule has 0 bridgehead atoms. The Bertz CT molecular complexity index is 1280. The normalized spacial score (nSPS) is 14.0. The molecule has 0 radical (unpaired) electrons. The molecular weight excluding hydrogens is 924 g/mol. The van der Waals surface area contributed by atoms with Gasteiger partial charge in [-0.3, -0.25) is 13.8 Å². The highest BCUT2D eigenvalue weighted by Gasteiger charge is 2.27. The molecule has 432 valence electrons. The molecule has 0 heterocycles. The highest BCUT2D eigenvalue weighted by atomic mass is 31.2. The van der Waals surface area contributed by atoms with Crippen LogP contribution >= 0.6 is 7.82 Å². The van der Waals surface area contributed by atoms with Crippen molar-refractivity contribution in [2.45, 2.75) is 328 Å². The molecule has 9 heteroatoms. The zero-order valence-corrected chi connectivity index (χ0v) is 50.3. The largest absolute Gasteiger partial charge is 0.472 e. The van der Waals surface area contributed by atoms with Gasteiger partial charge in [0.25, 0.3) is 0 Å². The number of nitrogens with zero attached hydrogens (tertiary/aromatic N) is 1. The van der Waals surface area contributed by atoms with E-state index in [-0.39, 0.29) is 19.1 Å². The summed E-state index contributed by atoms with van der Waals surface area (Å²) in [7, 11) is 1.56. The molecule has 0 fully saturated rings. The number of phosphoric ester groups is 1. The van der Waals surface area contributed by atoms with Crippen LogP contribution in [0.3, 0.4) is 0 Å². The minimum atomic E-state index is -4.36. The van der Waals surface area contributed by atoms with Gasteiger partial charge in [-0.2, -0.15) is 0 Å². The van der Waals surface area contributed by atoms with E-state index in [1.54, 1.807) is 6.08 Å². The Morgan fingerprint density at radius 2 is 0.753 bits per heavy atom. The summed E-state index contributed by atoms with van der Waals surface area (Å²) in [5.74, 6) is -0.185. The minimum absolute atomic E-state index is 0.0565. The van der Waals surface area contributed by atoms with Gasteiger partial charge in [0.15, 0.2) is 0 Å². The van der Waals surface area contributed by atoms with Crippen molar-refractivity contribution in [3.8, 4) is 0 Å². The summed E-state index contributed by atoms with van der Waals surface area (Å²) in [5, 5.41) is 13.9. The van der Waals surface area contributed by atoms with Gasteiger partial charge in [-0.25, -0.2) is 4.57 Å². The Hall–Kier alpha value is -1.28. The number of hydrogen-bond donors (Lipinski definition) is 3. The number of likely N-dealkylation sites (N-methyl/N-ethyl adjacent to an activating group) is 1. The van der Waals surface area contributed by atoms with Gasteiger partial charge in [0.05, 0.1) is 39.9 Å². The molecule has 0 saturated carbocycles. The zero-order chi connectivity index (χ0) is 53.5. The molecule has 1 amide bonds. The molecule has 3 N–H and O–H groups in total. The molecule has 0 spiro atoms. The van der Waals surface area contributed by atoms with E-state index in [9.17, 15) is 19.4 Å². The van der Waals surface area contributed by atoms with Gasteiger partial charge in [0.2, 0.25) is 5.91 Å². The average molecular weight is 1050 g/mol. The monoisotopic (exact) mass is 1050 g/mol. The quantitative estimate of drug-likeness (QED) is 0.0243. The lowest BCUT2D eigenvalue weighted by atomic mass is 10.0. The molecule has 0 aromatic rings. The molecule has 0 saturated heterocycles. The molecule has 0 aliphatic rings. The van der Waals surface area contributed by atoms with Gasteiger partial charge < -0.3 is 19.8 Å². The van der Waals surface area contributed by atoms with E-state index in [0.717, 1.165) is 38.5 Å². The van der Waals surface area contributed by atoms with Crippen LogP contribution < -0.4 is 5.32 Å². The topological polar surface area (TPSA) is 105 Å². The maximum Gasteiger partial charge on any atom is 0.472 e. The molecule has 0 rings (SSSR count). The Kier molecular flexibility index (Phi) is 54.5. The Labute approximate surface area is 455 Å². The Morgan fingerprint density at radius 1 is 0.452 bits per heavy atom. The number of quaternary nitrogens is 1. The molecule has 8 nitrogen and oxygen atoms in total. The molecule has 3 unspecified atom stereocenters. The number of unbranched alkanes of at least 4 members (excludes halogenated alkanes) is 42. The lowest BCUT2D eigenvalue weighted by Gasteiger charge is -2.25. The Balaban J connectivity index is 4.12. The van der Waals surface area contributed by atoms with Crippen molar-refractivity contribution in [2.24, 2.45) is 0 Å². The first-order chi connectivity index (χ1) is 35.5. The number of nitrogens with one attached hydrogen (secondary N) is 1. The molecule has 0 aromatic heterocycles. The number of carbonyl (C=O) groups is 1. The van der Waals surface area contributed by atoms with E-state index in [4.69, 9.17) is 9.05 Å². The van der Waals surface area contributed by atoms with Crippen LogP contribution in [0.15, 0.2) is 36.5 Å². The maximum atomic E-state index is 13.0. The molecule has 0 aromatic carbocycles. The van der Waals surface area contributed by atoms with E-state index < -0.39 is 20.0 Å². The predicted octanol–water partition coefficient (Wildman–Crippen LogP) is 19.7. The fourth-order valence-electron chi connectivity index (χ4n) is 9.59. The van der Waals surface area contributed by atoms with Crippen molar-refractivity contribution in [1.29, 1.82) is 0 Å². The number of hydrogen-bond acceptors (Lipinski definition) is 5. The summed E-state index contributed by atoms with van der Waals surface area (Å²) in [4.78, 5) is 23.3. The van der Waals surface area contributed by atoms with Gasteiger partial charge >= 0.3 is 7.82 Å². The fraction of sp³-hybridized carbons (Fsp3) is 0.891. The van der Waals surface area contributed by atoms with Crippen molar-refractivity contribution in [3.05, 3.63) is 36.5 Å². The van der Waals surface area contributed by atoms with Crippen molar-refractivity contribution >= 4 is 13.7 Å². The SMILES string of the molecule is CCCCCCCC/C=C\CCCCCCCCCCCC(=O)NC(COP(=O)(O)OCC[N+](C)(C)C)C(O)/C=C/CC/C=C/CCCCCCCCCCCCCCCCCCCCCCCCCCCC. The van der Waals surface area contributed by atoms with Crippen molar-refractivity contribution in [1.82, 2.24) is 5.32 Å². The number of aliphatic hydroxyl groups is 1. The van der Waals surface area contributed by atoms with Gasteiger partial charge in [-0.05, 0) is 57.8 Å². The minimum Gasteiger partial charge on any atom is -0.387 e. The number of aliphatic hydroxyl groups excluding tert-OH is 1. The highest BCUT2D eigenvalue weighted by Crippen LogP contribution is 2.43.